The lowest BCUT2D eigenvalue weighted by Gasteiger charge is -2.19. The van der Waals surface area contributed by atoms with Crippen LogP contribution in [0.5, 0.6) is 11.5 Å². The summed E-state index contributed by atoms with van der Waals surface area (Å²) < 4.78 is 29.4. The fourth-order valence-corrected chi connectivity index (χ4v) is 4.66. The van der Waals surface area contributed by atoms with Crippen molar-refractivity contribution in [3.8, 4) is 34.2 Å². The molecule has 2 aromatic heterocycles. The van der Waals surface area contributed by atoms with Crippen molar-refractivity contribution in [3.63, 3.8) is 0 Å². The van der Waals surface area contributed by atoms with Gasteiger partial charge in [-0.1, -0.05) is 84.8 Å². The molecule has 0 aliphatic carbocycles. The molecular weight excluding hydrogens is 548 g/mol. The van der Waals surface area contributed by atoms with Crippen molar-refractivity contribution < 1.29 is 28.1 Å². The second kappa shape index (κ2) is 12.5. The van der Waals surface area contributed by atoms with Gasteiger partial charge in [0.25, 0.3) is 11.8 Å². The van der Waals surface area contributed by atoms with Crippen LogP contribution < -0.4 is 14.8 Å². The fourth-order valence-electron chi connectivity index (χ4n) is 4.66. The van der Waals surface area contributed by atoms with Gasteiger partial charge < -0.3 is 28.6 Å². The Kier molecular flexibility index (Phi) is 8.19. The summed E-state index contributed by atoms with van der Waals surface area (Å²) in [6.45, 7) is 7.59. The van der Waals surface area contributed by atoms with E-state index in [9.17, 15) is 4.79 Å². The minimum Gasteiger partial charge on any atom is -0.488 e. The first-order valence-corrected chi connectivity index (χ1v) is 14.3. The highest BCUT2D eigenvalue weighted by Gasteiger charge is 2.35. The predicted molar refractivity (Wildman–Crippen MR) is 158 cm³/mol. The Morgan fingerprint density at radius 1 is 0.930 bits per heavy atom. The second-order valence-corrected chi connectivity index (χ2v) is 10.5. The predicted octanol–water partition coefficient (Wildman–Crippen LogP) is 6.49. The largest absolute Gasteiger partial charge is 0.488 e. The molecule has 0 spiro atoms. The SMILES string of the molecule is CCNC(=O)c1noc(-c2cc(C(C)C)c(OCc3ccccc3)cc2OCc2ccccc2)c1-c1noc(C2CO2)n1. The van der Waals surface area contributed by atoms with E-state index >= 15 is 0 Å². The van der Waals surface area contributed by atoms with E-state index in [1.54, 1.807) is 0 Å². The molecule has 0 saturated carbocycles. The first-order valence-electron chi connectivity index (χ1n) is 14.3. The molecule has 6 rings (SSSR count). The first kappa shape index (κ1) is 28.2. The first-order chi connectivity index (χ1) is 21.0. The van der Waals surface area contributed by atoms with Crippen molar-refractivity contribution in [1.29, 1.82) is 0 Å². The highest BCUT2D eigenvalue weighted by molar-refractivity contribution is 6.01. The molecule has 0 radical (unpaired) electrons. The van der Waals surface area contributed by atoms with E-state index < -0.39 is 5.91 Å². The molecule has 1 N–H and O–H groups in total. The number of nitrogens with zero attached hydrogens (tertiary/aromatic N) is 3. The summed E-state index contributed by atoms with van der Waals surface area (Å²) in [5.41, 5.74) is 3.90. The van der Waals surface area contributed by atoms with Gasteiger partial charge >= 0.3 is 0 Å². The highest BCUT2D eigenvalue weighted by Crippen LogP contribution is 2.44. The summed E-state index contributed by atoms with van der Waals surface area (Å²) in [5, 5.41) is 11.1. The molecular formula is C33H32N4O6. The average molecular weight is 581 g/mol. The molecule has 5 aromatic rings. The maximum absolute atomic E-state index is 13.1. The molecule has 3 heterocycles. The zero-order valence-electron chi connectivity index (χ0n) is 24.2. The molecule has 1 aliphatic heterocycles. The van der Waals surface area contributed by atoms with E-state index in [4.69, 9.17) is 23.3 Å². The third-order valence-corrected chi connectivity index (χ3v) is 6.97. The molecule has 43 heavy (non-hydrogen) atoms. The summed E-state index contributed by atoms with van der Waals surface area (Å²) in [6.07, 6.45) is -0.254. The monoisotopic (exact) mass is 580 g/mol. The van der Waals surface area contributed by atoms with Crippen LogP contribution in [-0.4, -0.2) is 34.4 Å². The zero-order valence-corrected chi connectivity index (χ0v) is 24.2. The van der Waals surface area contributed by atoms with Crippen molar-refractivity contribution >= 4 is 5.91 Å². The Balaban J connectivity index is 1.47. The van der Waals surface area contributed by atoms with Gasteiger partial charge in [-0.3, -0.25) is 4.79 Å². The van der Waals surface area contributed by atoms with Crippen molar-refractivity contribution in [2.75, 3.05) is 13.2 Å². The summed E-state index contributed by atoms with van der Waals surface area (Å²) >= 11 is 0. The van der Waals surface area contributed by atoms with Gasteiger partial charge in [-0.2, -0.15) is 4.98 Å². The number of aromatic nitrogens is 3. The van der Waals surface area contributed by atoms with Gasteiger partial charge in [0.1, 0.15) is 30.3 Å². The Morgan fingerprint density at radius 2 is 1.58 bits per heavy atom. The number of amides is 1. The van der Waals surface area contributed by atoms with Crippen LogP contribution in [0.4, 0.5) is 0 Å². The summed E-state index contributed by atoms with van der Waals surface area (Å²) in [4.78, 5) is 17.6. The third-order valence-electron chi connectivity index (χ3n) is 6.97. The normalized spacial score (nSPS) is 14.1. The quantitative estimate of drug-likeness (QED) is 0.165. The molecule has 1 fully saturated rings. The average Bonchev–Trinajstić information content (AvgIpc) is 3.59. The molecule has 1 aliphatic rings. The molecule has 1 amide bonds. The number of ether oxygens (including phenoxy) is 3. The molecule has 10 heteroatoms. The third kappa shape index (κ3) is 6.29. The van der Waals surface area contributed by atoms with Crippen LogP contribution in [0.1, 0.15) is 65.9 Å². The van der Waals surface area contributed by atoms with Crippen LogP contribution in [-0.2, 0) is 18.0 Å². The van der Waals surface area contributed by atoms with Crippen LogP contribution in [0.25, 0.3) is 22.7 Å². The van der Waals surface area contributed by atoms with E-state index in [-0.39, 0.29) is 29.3 Å². The molecule has 220 valence electrons. The van der Waals surface area contributed by atoms with Crippen LogP contribution in [0, 0.1) is 0 Å². The maximum Gasteiger partial charge on any atom is 0.274 e. The molecule has 3 aromatic carbocycles. The Morgan fingerprint density at radius 3 is 2.19 bits per heavy atom. The van der Waals surface area contributed by atoms with E-state index in [1.165, 1.54) is 0 Å². The summed E-state index contributed by atoms with van der Waals surface area (Å²) in [6, 6.07) is 23.7. The minimum absolute atomic E-state index is 0.0467. The van der Waals surface area contributed by atoms with Gasteiger partial charge in [0, 0.05) is 12.6 Å². The lowest BCUT2D eigenvalue weighted by atomic mass is 9.96. The van der Waals surface area contributed by atoms with Gasteiger partial charge in [0.2, 0.25) is 5.82 Å². The number of rotatable bonds is 12. The lowest BCUT2D eigenvalue weighted by Crippen LogP contribution is -2.23. The minimum atomic E-state index is -0.417. The highest BCUT2D eigenvalue weighted by atomic mass is 16.6. The van der Waals surface area contributed by atoms with Gasteiger partial charge in [-0.15, -0.1) is 0 Å². The van der Waals surface area contributed by atoms with E-state index in [2.05, 4.69) is 34.5 Å². The smallest absolute Gasteiger partial charge is 0.274 e. The van der Waals surface area contributed by atoms with Crippen LogP contribution in [0.2, 0.25) is 0 Å². The fraction of sp³-hybridized carbons (Fsp3) is 0.273. The topological polar surface area (TPSA) is 125 Å². The van der Waals surface area contributed by atoms with Crippen molar-refractivity contribution in [1.82, 2.24) is 20.6 Å². The van der Waals surface area contributed by atoms with Crippen molar-refractivity contribution in [2.24, 2.45) is 0 Å². The van der Waals surface area contributed by atoms with Gasteiger partial charge in [0.05, 0.1) is 12.2 Å². The van der Waals surface area contributed by atoms with Gasteiger partial charge in [-0.25, -0.2) is 0 Å². The zero-order chi connectivity index (χ0) is 29.8. The van der Waals surface area contributed by atoms with Crippen molar-refractivity contribution in [2.45, 2.75) is 46.0 Å². The van der Waals surface area contributed by atoms with Gasteiger partial charge in [0.15, 0.2) is 17.6 Å². The van der Waals surface area contributed by atoms with Gasteiger partial charge in [-0.05, 0) is 35.6 Å². The number of nitrogens with one attached hydrogen (secondary N) is 1. The number of carbonyl (C=O) groups excluding carboxylic acids is 1. The molecule has 1 unspecified atom stereocenters. The lowest BCUT2D eigenvalue weighted by molar-refractivity contribution is 0.0947. The van der Waals surface area contributed by atoms with Crippen LogP contribution in [0.3, 0.4) is 0 Å². The molecule has 1 saturated heterocycles. The standard InChI is InChI=1S/C33H32N4O6/c1-4-34-32(38)29-28(31-35-33(43-37-31)27-19-41-27)30(42-36-29)24-15-23(20(2)3)25(39-17-21-11-7-5-8-12-21)16-26(24)40-18-22-13-9-6-10-14-22/h5-16,20,27H,4,17-19H2,1-3H3,(H,34,38). The molecule has 10 nitrogen and oxygen atoms in total. The second-order valence-electron chi connectivity index (χ2n) is 10.5. The van der Waals surface area contributed by atoms with Crippen LogP contribution >= 0.6 is 0 Å². The Hall–Kier alpha value is -4.96. The number of benzene rings is 3. The summed E-state index contributed by atoms with van der Waals surface area (Å²) in [7, 11) is 0. The maximum atomic E-state index is 13.1. The van der Waals surface area contributed by atoms with Crippen molar-refractivity contribution in [3.05, 3.63) is 101 Å². The van der Waals surface area contributed by atoms with E-state index in [0.717, 1.165) is 16.7 Å². The van der Waals surface area contributed by atoms with E-state index in [1.807, 2.05) is 79.7 Å². The Labute approximate surface area is 249 Å². The van der Waals surface area contributed by atoms with Crippen LogP contribution in [0.15, 0.2) is 81.8 Å². The number of hydrogen-bond donors (Lipinski definition) is 1. The molecule has 1 atom stereocenters. The number of carbonyl (C=O) groups is 1. The summed E-state index contributed by atoms with van der Waals surface area (Å²) in [5.74, 6) is 1.63. The Bertz CT molecular complexity index is 1690. The van der Waals surface area contributed by atoms with E-state index in [0.29, 0.717) is 54.9 Å². The number of epoxide rings is 1. The number of hydrogen-bond acceptors (Lipinski definition) is 9. The molecule has 0 bridgehead atoms.